The van der Waals surface area contributed by atoms with E-state index in [-0.39, 0.29) is 18.4 Å². The van der Waals surface area contributed by atoms with Gasteiger partial charge < -0.3 is 10.2 Å². The number of rotatable bonds is 5. The predicted octanol–water partition coefficient (Wildman–Crippen LogP) is 2.10. The van der Waals surface area contributed by atoms with Gasteiger partial charge in [0.15, 0.2) is 0 Å². The number of benzene rings is 1. The number of carbonyl (C=O) groups is 3. The highest BCUT2D eigenvalue weighted by atomic mass is 16.2. The van der Waals surface area contributed by atoms with Gasteiger partial charge in [0.2, 0.25) is 5.91 Å². The summed E-state index contributed by atoms with van der Waals surface area (Å²) in [7, 11) is 1.67. The number of carbonyl (C=O) groups excluding carboxylic acids is 3. The Morgan fingerprint density at radius 3 is 2.25 bits per heavy atom. The molecule has 6 heteroatoms. The van der Waals surface area contributed by atoms with Gasteiger partial charge in [0.25, 0.3) is 5.91 Å². The zero-order valence-corrected chi connectivity index (χ0v) is 14.9. The van der Waals surface area contributed by atoms with Gasteiger partial charge in [-0.05, 0) is 30.9 Å². The lowest BCUT2D eigenvalue weighted by molar-refractivity contribution is -0.138. The standard InChI is InChI=1S/C18H25N3O3/c1-12(2)14-8-6-13(7-9-14)10-20(5)15(22)11-21-16(23)18(3,4)19-17(21)24/h6-9,12H,10-11H2,1-5H3,(H,19,24). The normalized spacial score (nSPS) is 16.5. The van der Waals surface area contributed by atoms with Crippen molar-refractivity contribution in [3.8, 4) is 0 Å². The molecule has 1 aliphatic rings. The van der Waals surface area contributed by atoms with Crippen molar-refractivity contribution in [2.75, 3.05) is 13.6 Å². The molecule has 0 aliphatic carbocycles. The van der Waals surface area contributed by atoms with Crippen LogP contribution >= 0.6 is 0 Å². The van der Waals surface area contributed by atoms with E-state index in [1.807, 2.05) is 12.1 Å². The van der Waals surface area contributed by atoms with E-state index in [4.69, 9.17) is 0 Å². The number of amides is 4. The summed E-state index contributed by atoms with van der Waals surface area (Å²) in [6.45, 7) is 7.70. The molecule has 0 saturated carbocycles. The Kier molecular flexibility index (Phi) is 4.96. The smallest absolute Gasteiger partial charge is 0.325 e. The number of likely N-dealkylation sites (N-methyl/N-ethyl adjacent to an activating group) is 1. The van der Waals surface area contributed by atoms with Gasteiger partial charge >= 0.3 is 6.03 Å². The summed E-state index contributed by atoms with van der Waals surface area (Å²) in [6.07, 6.45) is 0. The summed E-state index contributed by atoms with van der Waals surface area (Å²) < 4.78 is 0. The lowest BCUT2D eigenvalue weighted by atomic mass is 10.0. The lowest BCUT2D eigenvalue weighted by Gasteiger charge is -2.21. The molecule has 24 heavy (non-hydrogen) atoms. The quantitative estimate of drug-likeness (QED) is 0.840. The molecule has 1 heterocycles. The van der Waals surface area contributed by atoms with Crippen LogP contribution in [0.3, 0.4) is 0 Å². The zero-order valence-electron chi connectivity index (χ0n) is 14.9. The second-order valence-corrected chi connectivity index (χ2v) is 7.09. The molecule has 2 rings (SSSR count). The molecule has 1 N–H and O–H groups in total. The van der Waals surface area contributed by atoms with Crippen molar-refractivity contribution in [2.45, 2.75) is 45.7 Å². The monoisotopic (exact) mass is 331 g/mol. The lowest BCUT2D eigenvalue weighted by Crippen LogP contribution is -2.43. The molecule has 4 amide bonds. The first-order valence-corrected chi connectivity index (χ1v) is 8.08. The fourth-order valence-corrected chi connectivity index (χ4v) is 2.59. The number of urea groups is 1. The van der Waals surface area contributed by atoms with Crippen molar-refractivity contribution in [3.63, 3.8) is 0 Å². The predicted molar refractivity (Wildman–Crippen MR) is 91.3 cm³/mol. The van der Waals surface area contributed by atoms with Crippen molar-refractivity contribution in [3.05, 3.63) is 35.4 Å². The summed E-state index contributed by atoms with van der Waals surface area (Å²) in [5, 5.41) is 2.57. The maximum absolute atomic E-state index is 12.3. The summed E-state index contributed by atoms with van der Waals surface area (Å²) in [5.41, 5.74) is 1.30. The Morgan fingerprint density at radius 1 is 1.21 bits per heavy atom. The molecule has 130 valence electrons. The summed E-state index contributed by atoms with van der Waals surface area (Å²) in [6, 6.07) is 7.58. The van der Waals surface area contributed by atoms with Gasteiger partial charge in [-0.3, -0.25) is 14.5 Å². The Balaban J connectivity index is 1.97. The molecular formula is C18H25N3O3. The Morgan fingerprint density at radius 2 is 1.79 bits per heavy atom. The minimum Gasteiger partial charge on any atom is -0.340 e. The average molecular weight is 331 g/mol. The van der Waals surface area contributed by atoms with Gasteiger partial charge in [0.05, 0.1) is 0 Å². The van der Waals surface area contributed by atoms with Gasteiger partial charge in [-0.15, -0.1) is 0 Å². The van der Waals surface area contributed by atoms with Crippen molar-refractivity contribution in [2.24, 2.45) is 0 Å². The average Bonchev–Trinajstić information content (AvgIpc) is 2.69. The van der Waals surface area contributed by atoms with Gasteiger partial charge in [-0.1, -0.05) is 38.1 Å². The molecule has 6 nitrogen and oxygen atoms in total. The van der Waals surface area contributed by atoms with Crippen molar-refractivity contribution in [1.29, 1.82) is 0 Å². The Bertz CT molecular complexity index is 650. The number of hydrogen-bond donors (Lipinski definition) is 1. The molecule has 1 aliphatic heterocycles. The first-order chi connectivity index (χ1) is 11.1. The number of nitrogens with one attached hydrogen (secondary N) is 1. The van der Waals surface area contributed by atoms with Crippen LogP contribution in [0.15, 0.2) is 24.3 Å². The molecule has 1 fully saturated rings. The Labute approximate surface area is 142 Å². The summed E-state index contributed by atoms with van der Waals surface area (Å²) in [5.74, 6) is -0.193. The fourth-order valence-electron chi connectivity index (χ4n) is 2.59. The first-order valence-electron chi connectivity index (χ1n) is 8.08. The maximum Gasteiger partial charge on any atom is 0.325 e. The third kappa shape index (κ3) is 3.75. The van der Waals surface area contributed by atoms with Crippen LogP contribution < -0.4 is 5.32 Å². The summed E-state index contributed by atoms with van der Waals surface area (Å²) in [4.78, 5) is 38.8. The molecule has 0 radical (unpaired) electrons. The van der Waals surface area contributed by atoms with Crippen molar-refractivity contribution in [1.82, 2.24) is 15.1 Å². The van der Waals surface area contributed by atoms with E-state index in [0.717, 1.165) is 10.5 Å². The van der Waals surface area contributed by atoms with E-state index in [1.54, 1.807) is 20.9 Å². The minimum absolute atomic E-state index is 0.241. The van der Waals surface area contributed by atoms with Crippen molar-refractivity contribution < 1.29 is 14.4 Å². The third-order valence-corrected chi connectivity index (χ3v) is 4.23. The zero-order chi connectivity index (χ0) is 18.1. The largest absolute Gasteiger partial charge is 0.340 e. The fraction of sp³-hybridized carbons (Fsp3) is 0.500. The van der Waals surface area contributed by atoms with Crippen molar-refractivity contribution >= 4 is 17.8 Å². The molecule has 0 aromatic heterocycles. The van der Waals surface area contributed by atoms with Crippen LogP contribution in [-0.4, -0.2) is 46.8 Å². The maximum atomic E-state index is 12.3. The van der Waals surface area contributed by atoms with Crippen LogP contribution in [0.2, 0.25) is 0 Å². The molecule has 0 bridgehead atoms. The first kappa shape index (κ1) is 18.0. The van der Waals surface area contributed by atoms with Crippen LogP contribution in [0.5, 0.6) is 0 Å². The van der Waals surface area contributed by atoms with E-state index in [9.17, 15) is 14.4 Å². The van der Waals surface area contributed by atoms with Gasteiger partial charge in [0.1, 0.15) is 12.1 Å². The van der Waals surface area contributed by atoms with E-state index < -0.39 is 11.6 Å². The SMILES string of the molecule is CC(C)c1ccc(CN(C)C(=O)CN2C(=O)NC(C)(C)C2=O)cc1. The highest BCUT2D eigenvalue weighted by Gasteiger charge is 2.45. The van der Waals surface area contributed by atoms with Crippen LogP contribution in [0, 0.1) is 0 Å². The molecule has 1 aromatic rings. The minimum atomic E-state index is -0.956. The molecule has 0 atom stereocenters. The highest BCUT2D eigenvalue weighted by molar-refractivity contribution is 6.08. The molecule has 0 spiro atoms. The molecule has 1 aromatic carbocycles. The van der Waals surface area contributed by atoms with E-state index >= 15 is 0 Å². The summed E-state index contributed by atoms with van der Waals surface area (Å²) >= 11 is 0. The van der Waals surface area contributed by atoms with Gasteiger partial charge in [-0.2, -0.15) is 0 Å². The van der Waals surface area contributed by atoms with Crippen LogP contribution in [-0.2, 0) is 16.1 Å². The topological polar surface area (TPSA) is 69.7 Å². The number of imide groups is 1. The molecule has 1 saturated heterocycles. The Hall–Kier alpha value is -2.37. The van der Waals surface area contributed by atoms with Gasteiger partial charge in [-0.25, -0.2) is 4.79 Å². The highest BCUT2D eigenvalue weighted by Crippen LogP contribution is 2.17. The molecule has 0 unspecified atom stereocenters. The van der Waals surface area contributed by atoms with E-state index in [0.29, 0.717) is 12.5 Å². The number of hydrogen-bond acceptors (Lipinski definition) is 3. The van der Waals surface area contributed by atoms with E-state index in [2.05, 4.69) is 31.3 Å². The van der Waals surface area contributed by atoms with Gasteiger partial charge in [0, 0.05) is 13.6 Å². The second-order valence-electron chi connectivity index (χ2n) is 7.09. The van der Waals surface area contributed by atoms with Crippen LogP contribution in [0.1, 0.15) is 44.7 Å². The number of nitrogens with zero attached hydrogens (tertiary/aromatic N) is 2. The second kappa shape index (κ2) is 6.63. The van der Waals surface area contributed by atoms with Crippen LogP contribution in [0.4, 0.5) is 4.79 Å². The van der Waals surface area contributed by atoms with Crippen LogP contribution in [0.25, 0.3) is 0 Å². The third-order valence-electron chi connectivity index (χ3n) is 4.23. The van der Waals surface area contributed by atoms with E-state index in [1.165, 1.54) is 10.5 Å². The molecular weight excluding hydrogens is 306 g/mol.